The van der Waals surface area contributed by atoms with Gasteiger partial charge in [0.1, 0.15) is 0 Å². The summed E-state index contributed by atoms with van der Waals surface area (Å²) >= 11 is 7.28. The Bertz CT molecular complexity index is 336. The van der Waals surface area contributed by atoms with Crippen molar-refractivity contribution >= 4 is 28.8 Å². The molecule has 3 N–H and O–H groups in total. The van der Waals surface area contributed by atoms with Crippen LogP contribution in [-0.4, -0.2) is 12.5 Å². The standard InChI is InChI=1S/C11H17ClN2OS/c1-2-8(6-13)5-11(15)14-7-9-3-4-10(12)16-9/h3-4,8H,2,5-7,13H2,1H3,(H,14,15). The fourth-order valence-electron chi connectivity index (χ4n) is 1.36. The van der Waals surface area contributed by atoms with Gasteiger partial charge in [-0.1, -0.05) is 24.9 Å². The Morgan fingerprint density at radius 3 is 2.88 bits per heavy atom. The lowest BCUT2D eigenvalue weighted by atomic mass is 10.0. The second-order valence-electron chi connectivity index (χ2n) is 3.70. The Labute approximate surface area is 105 Å². The Morgan fingerprint density at radius 2 is 2.38 bits per heavy atom. The van der Waals surface area contributed by atoms with Crippen molar-refractivity contribution in [2.45, 2.75) is 26.3 Å². The predicted octanol–water partition coefficient (Wildman–Crippen LogP) is 2.39. The molecule has 16 heavy (non-hydrogen) atoms. The van der Waals surface area contributed by atoms with E-state index < -0.39 is 0 Å². The summed E-state index contributed by atoms with van der Waals surface area (Å²) in [5.74, 6) is 0.341. The van der Waals surface area contributed by atoms with Crippen LogP contribution in [0, 0.1) is 5.92 Å². The molecule has 0 bridgehead atoms. The lowest BCUT2D eigenvalue weighted by Crippen LogP contribution is -2.27. The molecular weight excluding hydrogens is 244 g/mol. The van der Waals surface area contributed by atoms with Gasteiger partial charge in [0.25, 0.3) is 0 Å². The molecule has 1 aromatic heterocycles. The van der Waals surface area contributed by atoms with Gasteiger partial charge in [0.2, 0.25) is 5.91 Å². The average Bonchev–Trinajstić information content (AvgIpc) is 2.69. The topological polar surface area (TPSA) is 55.1 Å². The van der Waals surface area contributed by atoms with E-state index in [1.165, 1.54) is 11.3 Å². The number of amides is 1. The van der Waals surface area contributed by atoms with Gasteiger partial charge >= 0.3 is 0 Å². The van der Waals surface area contributed by atoms with E-state index in [-0.39, 0.29) is 11.8 Å². The van der Waals surface area contributed by atoms with Crippen molar-refractivity contribution in [1.82, 2.24) is 5.32 Å². The highest BCUT2D eigenvalue weighted by Crippen LogP contribution is 2.21. The summed E-state index contributed by atoms with van der Waals surface area (Å²) in [6.45, 7) is 3.16. The molecule has 1 unspecified atom stereocenters. The molecule has 0 fully saturated rings. The first kappa shape index (κ1) is 13.5. The second kappa shape index (κ2) is 6.89. The molecule has 3 nitrogen and oxygen atoms in total. The zero-order chi connectivity index (χ0) is 12.0. The maximum atomic E-state index is 11.6. The van der Waals surface area contributed by atoms with Crippen LogP contribution in [0.25, 0.3) is 0 Å². The van der Waals surface area contributed by atoms with Crippen LogP contribution in [0.1, 0.15) is 24.6 Å². The van der Waals surface area contributed by atoms with Crippen LogP contribution in [0.4, 0.5) is 0 Å². The maximum Gasteiger partial charge on any atom is 0.220 e. The van der Waals surface area contributed by atoms with Crippen LogP contribution < -0.4 is 11.1 Å². The minimum Gasteiger partial charge on any atom is -0.351 e. The molecule has 0 spiro atoms. The molecule has 1 atom stereocenters. The third-order valence-corrected chi connectivity index (χ3v) is 3.70. The van der Waals surface area contributed by atoms with Crippen molar-refractivity contribution in [1.29, 1.82) is 0 Å². The van der Waals surface area contributed by atoms with E-state index in [0.29, 0.717) is 19.5 Å². The minimum absolute atomic E-state index is 0.0572. The molecule has 0 saturated carbocycles. The quantitative estimate of drug-likeness (QED) is 0.825. The molecular formula is C11H17ClN2OS. The van der Waals surface area contributed by atoms with E-state index in [4.69, 9.17) is 17.3 Å². The van der Waals surface area contributed by atoms with Crippen LogP contribution in [0.15, 0.2) is 12.1 Å². The summed E-state index contributed by atoms with van der Waals surface area (Å²) in [4.78, 5) is 12.6. The van der Waals surface area contributed by atoms with Crippen molar-refractivity contribution in [3.8, 4) is 0 Å². The molecule has 1 rings (SSSR count). The normalized spacial score (nSPS) is 12.4. The van der Waals surface area contributed by atoms with Crippen molar-refractivity contribution < 1.29 is 4.79 Å². The number of thiophene rings is 1. The zero-order valence-electron chi connectivity index (χ0n) is 9.33. The van der Waals surface area contributed by atoms with Crippen molar-refractivity contribution in [2.75, 3.05) is 6.54 Å². The molecule has 0 aliphatic carbocycles. The van der Waals surface area contributed by atoms with E-state index in [9.17, 15) is 4.79 Å². The number of halogens is 1. The number of hydrogen-bond donors (Lipinski definition) is 2. The zero-order valence-corrected chi connectivity index (χ0v) is 10.9. The first-order chi connectivity index (χ1) is 7.65. The SMILES string of the molecule is CCC(CN)CC(=O)NCc1ccc(Cl)s1. The van der Waals surface area contributed by atoms with Gasteiger partial charge in [-0.05, 0) is 24.6 Å². The van der Waals surface area contributed by atoms with Crippen LogP contribution >= 0.6 is 22.9 Å². The summed E-state index contributed by atoms with van der Waals surface area (Å²) in [6, 6.07) is 3.76. The molecule has 90 valence electrons. The molecule has 0 aliphatic rings. The highest BCUT2D eigenvalue weighted by Gasteiger charge is 2.10. The van der Waals surface area contributed by atoms with E-state index in [1.807, 2.05) is 19.1 Å². The number of nitrogens with one attached hydrogen (secondary N) is 1. The number of carbonyl (C=O) groups is 1. The summed E-state index contributed by atoms with van der Waals surface area (Å²) < 4.78 is 0.748. The Kier molecular flexibility index (Phi) is 5.80. The highest BCUT2D eigenvalue weighted by atomic mass is 35.5. The van der Waals surface area contributed by atoms with Crippen molar-refractivity contribution in [3.63, 3.8) is 0 Å². The molecule has 5 heteroatoms. The lowest BCUT2D eigenvalue weighted by molar-refractivity contribution is -0.122. The van der Waals surface area contributed by atoms with Crippen LogP contribution in [0.5, 0.6) is 0 Å². The fourth-order valence-corrected chi connectivity index (χ4v) is 2.39. The van der Waals surface area contributed by atoms with Crippen LogP contribution in [0.3, 0.4) is 0 Å². The Hall–Kier alpha value is -0.580. The van der Waals surface area contributed by atoms with Crippen molar-refractivity contribution in [2.24, 2.45) is 11.7 Å². The molecule has 0 aromatic carbocycles. The first-order valence-corrected chi connectivity index (χ1v) is 6.56. The smallest absolute Gasteiger partial charge is 0.220 e. The molecule has 0 saturated heterocycles. The molecule has 0 radical (unpaired) electrons. The summed E-state index contributed by atoms with van der Waals surface area (Å²) in [5.41, 5.74) is 5.55. The third-order valence-electron chi connectivity index (χ3n) is 2.47. The average molecular weight is 261 g/mol. The van der Waals surface area contributed by atoms with Gasteiger partial charge in [-0.3, -0.25) is 4.79 Å². The number of hydrogen-bond acceptors (Lipinski definition) is 3. The van der Waals surface area contributed by atoms with E-state index in [2.05, 4.69) is 5.32 Å². The molecule has 1 amide bonds. The van der Waals surface area contributed by atoms with Gasteiger partial charge in [0.05, 0.1) is 10.9 Å². The Morgan fingerprint density at radius 1 is 1.62 bits per heavy atom. The molecule has 1 heterocycles. The number of nitrogens with two attached hydrogens (primary N) is 1. The summed E-state index contributed by atoms with van der Waals surface area (Å²) in [5, 5.41) is 2.87. The van der Waals surface area contributed by atoms with E-state index in [0.717, 1.165) is 15.6 Å². The van der Waals surface area contributed by atoms with E-state index in [1.54, 1.807) is 0 Å². The van der Waals surface area contributed by atoms with Crippen LogP contribution in [-0.2, 0) is 11.3 Å². The third kappa shape index (κ3) is 4.51. The van der Waals surface area contributed by atoms with Gasteiger partial charge in [0, 0.05) is 11.3 Å². The molecule has 0 aliphatic heterocycles. The van der Waals surface area contributed by atoms with Gasteiger partial charge in [0.15, 0.2) is 0 Å². The highest BCUT2D eigenvalue weighted by molar-refractivity contribution is 7.16. The van der Waals surface area contributed by atoms with Gasteiger partial charge in [-0.25, -0.2) is 0 Å². The van der Waals surface area contributed by atoms with Gasteiger partial charge in [-0.15, -0.1) is 11.3 Å². The predicted molar refractivity (Wildman–Crippen MR) is 68.6 cm³/mol. The monoisotopic (exact) mass is 260 g/mol. The lowest BCUT2D eigenvalue weighted by Gasteiger charge is -2.11. The number of carbonyl (C=O) groups excluding carboxylic acids is 1. The maximum absolute atomic E-state index is 11.6. The number of rotatable bonds is 6. The fraction of sp³-hybridized carbons (Fsp3) is 0.545. The van der Waals surface area contributed by atoms with Crippen LogP contribution in [0.2, 0.25) is 4.34 Å². The van der Waals surface area contributed by atoms with Gasteiger partial charge in [-0.2, -0.15) is 0 Å². The van der Waals surface area contributed by atoms with E-state index >= 15 is 0 Å². The van der Waals surface area contributed by atoms with Gasteiger partial charge < -0.3 is 11.1 Å². The summed E-state index contributed by atoms with van der Waals surface area (Å²) in [6.07, 6.45) is 1.45. The minimum atomic E-state index is 0.0572. The molecule has 1 aromatic rings. The van der Waals surface area contributed by atoms with Crippen molar-refractivity contribution in [3.05, 3.63) is 21.3 Å². The summed E-state index contributed by atoms with van der Waals surface area (Å²) in [7, 11) is 0. The first-order valence-electron chi connectivity index (χ1n) is 5.36. The second-order valence-corrected chi connectivity index (χ2v) is 5.50. The largest absolute Gasteiger partial charge is 0.351 e. The Balaban J connectivity index is 2.30.